The lowest BCUT2D eigenvalue weighted by molar-refractivity contribution is -0.145. The fraction of sp³-hybridized carbons (Fsp3) is 0.471. The second kappa shape index (κ2) is 4.65. The van der Waals surface area contributed by atoms with Crippen LogP contribution in [0.25, 0.3) is 10.9 Å². The van der Waals surface area contributed by atoms with Crippen molar-refractivity contribution in [3.8, 4) is 0 Å². The van der Waals surface area contributed by atoms with Gasteiger partial charge in [0, 0.05) is 16.6 Å². The predicted molar refractivity (Wildman–Crippen MR) is 80.2 cm³/mol. The van der Waals surface area contributed by atoms with Gasteiger partial charge in [0.2, 0.25) is 0 Å². The van der Waals surface area contributed by atoms with E-state index in [1.807, 2.05) is 12.1 Å². The number of fused-ring (bicyclic) bond motifs is 1. The summed E-state index contributed by atoms with van der Waals surface area (Å²) in [5, 5.41) is 10.9. The molecule has 0 spiro atoms. The van der Waals surface area contributed by atoms with Crippen LogP contribution in [-0.4, -0.2) is 16.1 Å². The Bertz CT molecular complexity index is 663. The van der Waals surface area contributed by atoms with Gasteiger partial charge in [0.05, 0.1) is 5.41 Å². The topological polar surface area (TPSA) is 53.1 Å². The standard InChI is InChI=1S/C17H21NO2/c1-11-12(2)18-15-7-6-13(10-14(11)15)17(16(19)20)8-4-3-5-9-17/h6-7,10,18H,3-5,8-9H2,1-2H3,(H,19,20). The number of hydrogen-bond donors (Lipinski definition) is 2. The number of hydrogen-bond acceptors (Lipinski definition) is 1. The summed E-state index contributed by atoms with van der Waals surface area (Å²) in [7, 11) is 0. The first-order valence-electron chi connectivity index (χ1n) is 7.37. The molecule has 0 bridgehead atoms. The highest BCUT2D eigenvalue weighted by molar-refractivity contribution is 5.88. The van der Waals surface area contributed by atoms with E-state index in [2.05, 4.69) is 24.9 Å². The molecule has 1 saturated carbocycles. The second-order valence-electron chi connectivity index (χ2n) is 6.08. The van der Waals surface area contributed by atoms with E-state index < -0.39 is 11.4 Å². The molecule has 3 rings (SSSR count). The van der Waals surface area contributed by atoms with Crippen LogP contribution in [0.5, 0.6) is 0 Å². The maximum absolute atomic E-state index is 11.9. The van der Waals surface area contributed by atoms with Crippen LogP contribution in [0.15, 0.2) is 18.2 Å². The van der Waals surface area contributed by atoms with Gasteiger partial charge in [-0.2, -0.15) is 0 Å². The maximum atomic E-state index is 11.9. The van der Waals surface area contributed by atoms with Crippen LogP contribution in [-0.2, 0) is 10.2 Å². The Balaban J connectivity index is 2.16. The molecule has 0 radical (unpaired) electrons. The van der Waals surface area contributed by atoms with Crippen LogP contribution in [0.3, 0.4) is 0 Å². The van der Waals surface area contributed by atoms with Crippen molar-refractivity contribution in [2.45, 2.75) is 51.4 Å². The first-order valence-corrected chi connectivity index (χ1v) is 7.37. The Labute approximate surface area is 119 Å². The molecule has 1 aliphatic rings. The number of nitrogens with one attached hydrogen (secondary N) is 1. The zero-order valence-electron chi connectivity index (χ0n) is 12.1. The van der Waals surface area contributed by atoms with Crippen molar-refractivity contribution in [3.63, 3.8) is 0 Å². The highest BCUT2D eigenvalue weighted by Crippen LogP contribution is 2.41. The number of aromatic amines is 1. The summed E-state index contributed by atoms with van der Waals surface area (Å²) in [6, 6.07) is 6.12. The molecule has 2 N–H and O–H groups in total. The Morgan fingerprint density at radius 2 is 1.90 bits per heavy atom. The van der Waals surface area contributed by atoms with Crippen LogP contribution in [0.1, 0.15) is 48.9 Å². The number of carboxylic acid groups (broad SMARTS) is 1. The van der Waals surface area contributed by atoms with Crippen molar-refractivity contribution in [3.05, 3.63) is 35.0 Å². The fourth-order valence-corrected chi connectivity index (χ4v) is 3.54. The number of carboxylic acids is 1. The summed E-state index contributed by atoms with van der Waals surface area (Å²) < 4.78 is 0. The highest BCUT2D eigenvalue weighted by atomic mass is 16.4. The van der Waals surface area contributed by atoms with Gasteiger partial charge in [-0.05, 0) is 49.9 Å². The van der Waals surface area contributed by atoms with Crippen LogP contribution < -0.4 is 0 Å². The zero-order valence-corrected chi connectivity index (χ0v) is 12.1. The van der Waals surface area contributed by atoms with E-state index in [1.54, 1.807) is 0 Å². The van der Waals surface area contributed by atoms with Gasteiger partial charge < -0.3 is 10.1 Å². The molecular weight excluding hydrogens is 250 g/mol. The van der Waals surface area contributed by atoms with Gasteiger partial charge in [0.15, 0.2) is 0 Å². The normalized spacial score (nSPS) is 18.3. The molecule has 0 unspecified atom stereocenters. The molecule has 0 saturated heterocycles. The van der Waals surface area contributed by atoms with E-state index in [4.69, 9.17) is 0 Å². The van der Waals surface area contributed by atoms with E-state index in [1.165, 1.54) is 5.56 Å². The van der Waals surface area contributed by atoms with Crippen LogP contribution in [0, 0.1) is 13.8 Å². The highest BCUT2D eigenvalue weighted by Gasteiger charge is 2.41. The maximum Gasteiger partial charge on any atom is 0.314 e. The lowest BCUT2D eigenvalue weighted by Gasteiger charge is -2.33. The van der Waals surface area contributed by atoms with Gasteiger partial charge in [-0.1, -0.05) is 25.3 Å². The van der Waals surface area contributed by atoms with E-state index in [0.717, 1.165) is 54.3 Å². The van der Waals surface area contributed by atoms with Gasteiger partial charge in [0.1, 0.15) is 0 Å². The second-order valence-corrected chi connectivity index (χ2v) is 6.08. The third-order valence-corrected chi connectivity index (χ3v) is 4.98. The van der Waals surface area contributed by atoms with E-state index in [9.17, 15) is 9.90 Å². The number of benzene rings is 1. The van der Waals surface area contributed by atoms with Crippen molar-refractivity contribution in [1.82, 2.24) is 4.98 Å². The quantitative estimate of drug-likeness (QED) is 0.865. The minimum atomic E-state index is -0.677. The van der Waals surface area contributed by atoms with Crippen LogP contribution in [0.4, 0.5) is 0 Å². The number of aliphatic carboxylic acids is 1. The summed E-state index contributed by atoms with van der Waals surface area (Å²) >= 11 is 0. The van der Waals surface area contributed by atoms with Crippen molar-refractivity contribution in [2.75, 3.05) is 0 Å². The molecule has 106 valence electrons. The van der Waals surface area contributed by atoms with Gasteiger partial charge in [-0.3, -0.25) is 4.79 Å². The Morgan fingerprint density at radius 3 is 2.55 bits per heavy atom. The molecule has 1 aromatic heterocycles. The lowest BCUT2D eigenvalue weighted by Crippen LogP contribution is -2.37. The average Bonchev–Trinajstić information content (AvgIpc) is 2.74. The molecular formula is C17H21NO2. The van der Waals surface area contributed by atoms with Crippen molar-refractivity contribution in [2.24, 2.45) is 0 Å². The van der Waals surface area contributed by atoms with Crippen molar-refractivity contribution in [1.29, 1.82) is 0 Å². The van der Waals surface area contributed by atoms with E-state index >= 15 is 0 Å². The monoisotopic (exact) mass is 271 g/mol. The number of aryl methyl sites for hydroxylation is 2. The molecule has 1 aromatic carbocycles. The number of aromatic nitrogens is 1. The molecule has 3 heteroatoms. The molecule has 20 heavy (non-hydrogen) atoms. The van der Waals surface area contributed by atoms with Crippen molar-refractivity contribution >= 4 is 16.9 Å². The molecule has 0 atom stereocenters. The van der Waals surface area contributed by atoms with Crippen molar-refractivity contribution < 1.29 is 9.90 Å². The molecule has 0 aliphatic heterocycles. The van der Waals surface area contributed by atoms with Crippen LogP contribution in [0.2, 0.25) is 0 Å². The lowest BCUT2D eigenvalue weighted by atomic mass is 9.69. The number of H-pyrrole nitrogens is 1. The minimum absolute atomic E-state index is 0.665. The molecule has 1 aliphatic carbocycles. The van der Waals surface area contributed by atoms with Gasteiger partial charge in [-0.25, -0.2) is 0 Å². The third kappa shape index (κ3) is 1.84. The summed E-state index contributed by atoms with van der Waals surface area (Å²) in [5.41, 5.74) is 3.77. The smallest absolute Gasteiger partial charge is 0.314 e. The number of rotatable bonds is 2. The fourth-order valence-electron chi connectivity index (χ4n) is 3.54. The summed E-state index contributed by atoms with van der Waals surface area (Å²) in [5.74, 6) is -0.665. The van der Waals surface area contributed by atoms with Gasteiger partial charge in [-0.15, -0.1) is 0 Å². The Morgan fingerprint density at radius 1 is 1.20 bits per heavy atom. The Kier molecular flexibility index (Phi) is 3.08. The predicted octanol–water partition coefficient (Wildman–Crippen LogP) is 4.07. The molecule has 2 aromatic rings. The first-order chi connectivity index (χ1) is 9.54. The molecule has 1 heterocycles. The van der Waals surface area contributed by atoms with Gasteiger partial charge in [0.25, 0.3) is 0 Å². The van der Waals surface area contributed by atoms with Crippen LogP contribution >= 0.6 is 0 Å². The third-order valence-electron chi connectivity index (χ3n) is 4.98. The summed E-state index contributed by atoms with van der Waals surface area (Å²) in [6.07, 6.45) is 4.69. The molecule has 3 nitrogen and oxygen atoms in total. The number of carbonyl (C=O) groups is 1. The molecule has 0 amide bonds. The molecule has 1 fully saturated rings. The minimum Gasteiger partial charge on any atom is -0.481 e. The summed E-state index contributed by atoms with van der Waals surface area (Å²) in [4.78, 5) is 15.2. The Hall–Kier alpha value is -1.77. The van der Waals surface area contributed by atoms with Gasteiger partial charge >= 0.3 is 5.97 Å². The zero-order chi connectivity index (χ0) is 14.3. The average molecular weight is 271 g/mol. The SMILES string of the molecule is Cc1[nH]c2ccc(C3(C(=O)O)CCCCC3)cc2c1C. The summed E-state index contributed by atoms with van der Waals surface area (Å²) in [6.45, 7) is 4.15. The van der Waals surface area contributed by atoms with E-state index in [0.29, 0.717) is 0 Å². The largest absolute Gasteiger partial charge is 0.481 e. The first kappa shape index (κ1) is 13.2. The van der Waals surface area contributed by atoms with E-state index in [-0.39, 0.29) is 0 Å².